The zero-order valence-corrected chi connectivity index (χ0v) is 15.1. The highest BCUT2D eigenvalue weighted by molar-refractivity contribution is 7.89. The van der Waals surface area contributed by atoms with Crippen LogP contribution in [0.15, 0.2) is 29.2 Å². The van der Waals surface area contributed by atoms with E-state index in [9.17, 15) is 18.0 Å². The summed E-state index contributed by atoms with van der Waals surface area (Å²) in [5.41, 5.74) is 0. The SMILES string of the molecule is CC(=O)N[C@H](C)C(=O)N1CCN(S(=O)(=O)c2ccc(Cl)cc2)CC1. The first-order chi connectivity index (χ1) is 11.2. The van der Waals surface area contributed by atoms with Crippen molar-refractivity contribution in [1.82, 2.24) is 14.5 Å². The lowest BCUT2D eigenvalue weighted by molar-refractivity contribution is -0.136. The van der Waals surface area contributed by atoms with Crippen LogP contribution >= 0.6 is 11.6 Å². The van der Waals surface area contributed by atoms with Crippen LogP contribution in [0.3, 0.4) is 0 Å². The third-order valence-corrected chi connectivity index (χ3v) is 5.96. The number of nitrogens with one attached hydrogen (secondary N) is 1. The largest absolute Gasteiger partial charge is 0.345 e. The van der Waals surface area contributed by atoms with E-state index in [-0.39, 0.29) is 42.9 Å². The fraction of sp³-hybridized carbons (Fsp3) is 0.467. The number of benzene rings is 1. The van der Waals surface area contributed by atoms with Gasteiger partial charge in [0.05, 0.1) is 4.90 Å². The average Bonchev–Trinajstić information content (AvgIpc) is 2.54. The first kappa shape index (κ1) is 18.7. The van der Waals surface area contributed by atoms with Crippen LogP contribution in [0.4, 0.5) is 0 Å². The van der Waals surface area contributed by atoms with Crippen molar-refractivity contribution in [3.63, 3.8) is 0 Å². The standard InChI is InChI=1S/C15H20ClN3O4S/c1-11(17-12(2)20)15(21)18-7-9-19(10-8-18)24(22,23)14-5-3-13(16)4-6-14/h3-6,11H,7-10H2,1-2H3,(H,17,20)/t11-/m1/s1. The lowest BCUT2D eigenvalue weighted by atomic mass is 10.2. The molecule has 9 heteroatoms. The summed E-state index contributed by atoms with van der Waals surface area (Å²) < 4.78 is 26.5. The van der Waals surface area contributed by atoms with Gasteiger partial charge < -0.3 is 10.2 Å². The van der Waals surface area contributed by atoms with Gasteiger partial charge in [-0.2, -0.15) is 4.31 Å². The van der Waals surface area contributed by atoms with Gasteiger partial charge in [0.2, 0.25) is 21.8 Å². The summed E-state index contributed by atoms with van der Waals surface area (Å²) in [6.45, 7) is 3.96. The van der Waals surface area contributed by atoms with Crippen LogP contribution in [0.1, 0.15) is 13.8 Å². The highest BCUT2D eigenvalue weighted by Crippen LogP contribution is 2.20. The highest BCUT2D eigenvalue weighted by Gasteiger charge is 2.31. The molecule has 0 bridgehead atoms. The zero-order chi connectivity index (χ0) is 17.9. The van der Waals surface area contributed by atoms with Crippen molar-refractivity contribution in [2.75, 3.05) is 26.2 Å². The molecule has 0 spiro atoms. The lowest BCUT2D eigenvalue weighted by Crippen LogP contribution is -2.54. The molecule has 1 saturated heterocycles. The van der Waals surface area contributed by atoms with Crippen LogP contribution in [-0.2, 0) is 19.6 Å². The van der Waals surface area contributed by atoms with Crippen molar-refractivity contribution in [3.05, 3.63) is 29.3 Å². The molecule has 0 radical (unpaired) electrons. The summed E-state index contributed by atoms with van der Waals surface area (Å²) in [6, 6.07) is 5.37. The van der Waals surface area contributed by atoms with Crippen molar-refractivity contribution < 1.29 is 18.0 Å². The van der Waals surface area contributed by atoms with Gasteiger partial charge in [-0.3, -0.25) is 9.59 Å². The molecule has 0 saturated carbocycles. The van der Waals surface area contributed by atoms with Crippen LogP contribution in [0.2, 0.25) is 5.02 Å². The van der Waals surface area contributed by atoms with Gasteiger partial charge in [-0.05, 0) is 31.2 Å². The van der Waals surface area contributed by atoms with E-state index in [0.29, 0.717) is 5.02 Å². The van der Waals surface area contributed by atoms with Crippen LogP contribution in [0, 0.1) is 0 Å². The van der Waals surface area contributed by atoms with E-state index in [1.807, 2.05) is 0 Å². The molecule has 7 nitrogen and oxygen atoms in total. The monoisotopic (exact) mass is 373 g/mol. The quantitative estimate of drug-likeness (QED) is 0.841. The minimum Gasteiger partial charge on any atom is -0.345 e. The Hall–Kier alpha value is -1.64. The maximum absolute atomic E-state index is 12.6. The maximum atomic E-state index is 12.6. The van der Waals surface area contributed by atoms with E-state index in [0.717, 1.165) is 0 Å². The number of hydrogen-bond donors (Lipinski definition) is 1. The van der Waals surface area contributed by atoms with Crippen LogP contribution in [0.25, 0.3) is 0 Å². The van der Waals surface area contributed by atoms with Gasteiger partial charge in [0.15, 0.2) is 0 Å². The van der Waals surface area contributed by atoms with E-state index in [4.69, 9.17) is 11.6 Å². The first-order valence-electron chi connectivity index (χ1n) is 7.53. The van der Waals surface area contributed by atoms with Crippen molar-refractivity contribution in [3.8, 4) is 0 Å². The van der Waals surface area contributed by atoms with Crippen LogP contribution in [-0.4, -0.2) is 61.7 Å². The number of halogens is 1. The average molecular weight is 374 g/mol. The summed E-state index contributed by atoms with van der Waals surface area (Å²) in [4.78, 5) is 25.0. The minimum atomic E-state index is -3.60. The Morgan fingerprint density at radius 2 is 1.67 bits per heavy atom. The second-order valence-corrected chi connectivity index (χ2v) is 7.98. The van der Waals surface area contributed by atoms with Gasteiger partial charge in [-0.15, -0.1) is 0 Å². The summed E-state index contributed by atoms with van der Waals surface area (Å²) in [7, 11) is -3.60. The topological polar surface area (TPSA) is 86.8 Å². The number of rotatable bonds is 4. The molecule has 1 atom stereocenters. The number of sulfonamides is 1. The summed E-state index contributed by atoms with van der Waals surface area (Å²) in [6.07, 6.45) is 0. The number of carbonyl (C=O) groups excluding carboxylic acids is 2. The van der Waals surface area contributed by atoms with Crippen molar-refractivity contribution >= 4 is 33.4 Å². The fourth-order valence-corrected chi connectivity index (χ4v) is 4.09. The molecule has 1 fully saturated rings. The number of nitrogens with zero attached hydrogens (tertiary/aromatic N) is 2. The van der Waals surface area contributed by atoms with E-state index >= 15 is 0 Å². The van der Waals surface area contributed by atoms with E-state index in [1.165, 1.54) is 35.5 Å². The Balaban J connectivity index is 2.00. The van der Waals surface area contributed by atoms with E-state index < -0.39 is 16.1 Å². The van der Waals surface area contributed by atoms with Gasteiger partial charge in [0, 0.05) is 38.1 Å². The zero-order valence-electron chi connectivity index (χ0n) is 13.5. The van der Waals surface area contributed by atoms with Crippen LogP contribution in [0.5, 0.6) is 0 Å². The molecule has 1 aromatic rings. The predicted octanol–water partition coefficient (Wildman–Crippen LogP) is 0.697. The Morgan fingerprint density at radius 1 is 1.12 bits per heavy atom. The Morgan fingerprint density at radius 3 is 2.17 bits per heavy atom. The van der Waals surface area contributed by atoms with Gasteiger partial charge in [0.1, 0.15) is 6.04 Å². The molecule has 0 unspecified atom stereocenters. The molecule has 1 aromatic carbocycles. The molecule has 0 aromatic heterocycles. The fourth-order valence-electron chi connectivity index (χ4n) is 2.54. The first-order valence-corrected chi connectivity index (χ1v) is 9.35. The lowest BCUT2D eigenvalue weighted by Gasteiger charge is -2.35. The summed E-state index contributed by atoms with van der Waals surface area (Å²) in [5, 5.41) is 3.01. The molecule has 1 N–H and O–H groups in total. The minimum absolute atomic E-state index is 0.179. The van der Waals surface area contributed by atoms with E-state index in [2.05, 4.69) is 5.32 Å². The smallest absolute Gasteiger partial charge is 0.244 e. The van der Waals surface area contributed by atoms with Gasteiger partial charge in [-0.1, -0.05) is 11.6 Å². The summed E-state index contributed by atoms with van der Waals surface area (Å²) in [5.74, 6) is -0.492. The maximum Gasteiger partial charge on any atom is 0.244 e. The Labute approximate surface area is 146 Å². The molecule has 132 valence electrons. The second-order valence-electron chi connectivity index (χ2n) is 5.61. The van der Waals surface area contributed by atoms with Crippen molar-refractivity contribution in [2.24, 2.45) is 0 Å². The molecule has 1 aliphatic rings. The molecule has 0 aliphatic carbocycles. The number of amides is 2. The van der Waals surface area contributed by atoms with Gasteiger partial charge >= 0.3 is 0 Å². The Bertz CT molecular complexity index is 713. The molecular weight excluding hydrogens is 354 g/mol. The van der Waals surface area contributed by atoms with Gasteiger partial charge in [0.25, 0.3) is 0 Å². The number of carbonyl (C=O) groups is 2. The van der Waals surface area contributed by atoms with Crippen molar-refractivity contribution in [1.29, 1.82) is 0 Å². The molecule has 2 rings (SSSR count). The third-order valence-electron chi connectivity index (χ3n) is 3.79. The van der Waals surface area contributed by atoms with Gasteiger partial charge in [-0.25, -0.2) is 8.42 Å². The highest BCUT2D eigenvalue weighted by atomic mass is 35.5. The third kappa shape index (κ3) is 4.25. The number of hydrogen-bond acceptors (Lipinski definition) is 4. The normalized spacial score (nSPS) is 17.4. The predicted molar refractivity (Wildman–Crippen MR) is 90.1 cm³/mol. The van der Waals surface area contributed by atoms with Crippen LogP contribution < -0.4 is 5.32 Å². The summed E-state index contributed by atoms with van der Waals surface area (Å²) >= 11 is 5.78. The second kappa shape index (κ2) is 7.50. The molecule has 1 heterocycles. The molecular formula is C15H20ClN3O4S. The van der Waals surface area contributed by atoms with Crippen molar-refractivity contribution in [2.45, 2.75) is 24.8 Å². The molecule has 24 heavy (non-hydrogen) atoms. The Kier molecular flexibility index (Phi) is 5.84. The molecule has 1 aliphatic heterocycles. The number of piperazine rings is 1. The van der Waals surface area contributed by atoms with E-state index in [1.54, 1.807) is 11.8 Å². The molecule has 2 amide bonds.